The van der Waals surface area contributed by atoms with Crippen molar-refractivity contribution in [1.29, 1.82) is 0 Å². The SMILES string of the molecule is C=CC(=O)N1CCCC(n2nc(-c3ccc(CNC(=O)c4cccc(C)c4F)cc3)c3c(N)ncnc32)C1. The van der Waals surface area contributed by atoms with Crippen LogP contribution in [0.1, 0.15) is 40.4 Å². The number of nitrogen functional groups attached to an aromatic ring is 1. The zero-order chi connectivity index (χ0) is 26.8. The van der Waals surface area contributed by atoms with Gasteiger partial charge in [-0.2, -0.15) is 5.10 Å². The minimum absolute atomic E-state index is 0.0187. The van der Waals surface area contributed by atoms with Crippen LogP contribution in [0, 0.1) is 12.7 Å². The third-order valence-electron chi connectivity index (χ3n) is 6.86. The van der Waals surface area contributed by atoms with Gasteiger partial charge in [0.2, 0.25) is 5.91 Å². The van der Waals surface area contributed by atoms with Crippen molar-refractivity contribution in [2.24, 2.45) is 0 Å². The maximum atomic E-state index is 14.3. The van der Waals surface area contributed by atoms with E-state index in [1.807, 2.05) is 28.9 Å². The lowest BCUT2D eigenvalue weighted by Crippen LogP contribution is -2.40. The molecule has 2 aromatic carbocycles. The predicted octanol–water partition coefficient (Wildman–Crippen LogP) is 3.80. The van der Waals surface area contributed by atoms with Crippen LogP contribution in [-0.2, 0) is 11.3 Å². The quantitative estimate of drug-likeness (QED) is 0.379. The number of aromatic nitrogens is 4. The standard InChI is InChI=1S/C28H28FN7O2/c1-3-22(37)35-13-5-7-20(15-35)36-27-23(26(30)32-16-33-27)25(34-36)19-11-9-18(10-12-19)14-31-28(38)21-8-4-6-17(2)24(21)29/h3-4,6,8-12,16,20H,1,5,7,13-15H2,2H3,(H,31,38)(H2,30,32,33). The molecule has 3 N–H and O–H groups in total. The second-order valence-electron chi connectivity index (χ2n) is 9.35. The molecule has 1 aliphatic rings. The zero-order valence-corrected chi connectivity index (χ0v) is 21.0. The van der Waals surface area contributed by atoms with Gasteiger partial charge in [-0.15, -0.1) is 0 Å². The van der Waals surface area contributed by atoms with E-state index in [0.717, 1.165) is 24.0 Å². The molecule has 0 bridgehead atoms. The monoisotopic (exact) mass is 513 g/mol. The molecule has 0 aliphatic carbocycles. The summed E-state index contributed by atoms with van der Waals surface area (Å²) in [6.07, 6.45) is 4.43. The normalized spacial score (nSPS) is 15.4. The van der Waals surface area contributed by atoms with Crippen LogP contribution < -0.4 is 11.1 Å². The first-order valence-corrected chi connectivity index (χ1v) is 12.4. The number of aryl methyl sites for hydroxylation is 1. The van der Waals surface area contributed by atoms with Crippen LogP contribution in [0.15, 0.2) is 61.4 Å². The van der Waals surface area contributed by atoms with E-state index in [1.165, 1.54) is 18.5 Å². The molecular weight excluding hydrogens is 485 g/mol. The minimum Gasteiger partial charge on any atom is -0.383 e. The first-order valence-electron chi connectivity index (χ1n) is 12.4. The lowest BCUT2D eigenvalue weighted by atomic mass is 10.1. The molecule has 38 heavy (non-hydrogen) atoms. The van der Waals surface area contributed by atoms with E-state index in [2.05, 4.69) is 21.9 Å². The summed E-state index contributed by atoms with van der Waals surface area (Å²) in [4.78, 5) is 35.1. The summed E-state index contributed by atoms with van der Waals surface area (Å²) < 4.78 is 16.1. The number of nitrogens with two attached hydrogens (primary N) is 1. The molecule has 1 aliphatic heterocycles. The highest BCUT2D eigenvalue weighted by molar-refractivity contribution is 5.98. The molecule has 4 aromatic rings. The molecule has 9 nitrogen and oxygen atoms in total. The molecule has 1 unspecified atom stereocenters. The molecule has 2 amide bonds. The molecule has 1 fully saturated rings. The molecule has 0 spiro atoms. The number of hydrogen-bond acceptors (Lipinski definition) is 6. The van der Waals surface area contributed by atoms with Gasteiger partial charge >= 0.3 is 0 Å². The summed E-state index contributed by atoms with van der Waals surface area (Å²) in [7, 11) is 0. The summed E-state index contributed by atoms with van der Waals surface area (Å²) >= 11 is 0. The van der Waals surface area contributed by atoms with E-state index in [-0.39, 0.29) is 24.1 Å². The average molecular weight is 514 g/mol. The van der Waals surface area contributed by atoms with Crippen LogP contribution in [0.2, 0.25) is 0 Å². The predicted molar refractivity (Wildman–Crippen MR) is 143 cm³/mol. The van der Waals surface area contributed by atoms with Gasteiger partial charge in [0.25, 0.3) is 5.91 Å². The van der Waals surface area contributed by atoms with Crippen molar-refractivity contribution in [1.82, 2.24) is 30.0 Å². The molecule has 10 heteroatoms. The van der Waals surface area contributed by atoms with Crippen LogP contribution in [0.5, 0.6) is 0 Å². The molecule has 194 valence electrons. The Hall–Kier alpha value is -4.60. The third kappa shape index (κ3) is 4.72. The molecule has 1 atom stereocenters. The molecule has 3 heterocycles. The fraction of sp³-hybridized carbons (Fsp3) is 0.250. The number of fused-ring (bicyclic) bond motifs is 1. The largest absolute Gasteiger partial charge is 0.383 e. The second-order valence-corrected chi connectivity index (χ2v) is 9.35. The Labute approximate surface area is 219 Å². The molecule has 0 radical (unpaired) electrons. The van der Waals surface area contributed by atoms with Crippen LogP contribution in [0.25, 0.3) is 22.3 Å². The van der Waals surface area contributed by atoms with E-state index >= 15 is 0 Å². The number of nitrogens with one attached hydrogen (secondary N) is 1. The lowest BCUT2D eigenvalue weighted by molar-refractivity contribution is -0.127. The fourth-order valence-corrected chi connectivity index (χ4v) is 4.82. The molecular formula is C28H28FN7O2. The average Bonchev–Trinajstić information content (AvgIpc) is 3.34. The number of anilines is 1. The van der Waals surface area contributed by atoms with E-state index < -0.39 is 11.7 Å². The highest BCUT2D eigenvalue weighted by Crippen LogP contribution is 2.33. The molecule has 0 saturated carbocycles. The van der Waals surface area contributed by atoms with E-state index in [9.17, 15) is 14.0 Å². The Kier molecular flexibility index (Phi) is 6.87. The van der Waals surface area contributed by atoms with Gasteiger partial charge in [0.05, 0.1) is 17.0 Å². The van der Waals surface area contributed by atoms with Gasteiger partial charge in [0.1, 0.15) is 23.7 Å². The van der Waals surface area contributed by atoms with Crippen molar-refractivity contribution < 1.29 is 14.0 Å². The molecule has 5 rings (SSSR count). The number of carbonyl (C=O) groups is 2. The van der Waals surface area contributed by atoms with Crippen molar-refractivity contribution in [3.05, 3.63) is 84.0 Å². The summed E-state index contributed by atoms with van der Waals surface area (Å²) in [5, 5.41) is 8.30. The van der Waals surface area contributed by atoms with Gasteiger partial charge in [-0.25, -0.2) is 19.0 Å². The van der Waals surface area contributed by atoms with Crippen molar-refractivity contribution in [3.8, 4) is 11.3 Å². The van der Waals surface area contributed by atoms with Crippen LogP contribution in [-0.4, -0.2) is 49.6 Å². The number of hydrogen-bond donors (Lipinski definition) is 2. The Morgan fingerprint density at radius 2 is 2.00 bits per heavy atom. The number of amides is 2. The van der Waals surface area contributed by atoms with Crippen molar-refractivity contribution in [3.63, 3.8) is 0 Å². The first kappa shape index (κ1) is 25.1. The van der Waals surface area contributed by atoms with Crippen LogP contribution in [0.3, 0.4) is 0 Å². The highest BCUT2D eigenvalue weighted by Gasteiger charge is 2.28. The number of halogens is 1. The van der Waals surface area contributed by atoms with Gasteiger partial charge < -0.3 is 16.0 Å². The Balaban J connectivity index is 1.39. The second kappa shape index (κ2) is 10.4. The van der Waals surface area contributed by atoms with Crippen molar-refractivity contribution in [2.45, 2.75) is 32.4 Å². The molecule has 2 aromatic heterocycles. The Morgan fingerprint density at radius 3 is 2.76 bits per heavy atom. The van der Waals surface area contributed by atoms with Crippen molar-refractivity contribution >= 4 is 28.7 Å². The Morgan fingerprint density at radius 1 is 1.21 bits per heavy atom. The number of carbonyl (C=O) groups excluding carboxylic acids is 2. The third-order valence-corrected chi connectivity index (χ3v) is 6.86. The number of nitrogens with zero attached hydrogens (tertiary/aromatic N) is 5. The number of benzene rings is 2. The maximum absolute atomic E-state index is 14.3. The van der Waals surface area contributed by atoms with Gasteiger partial charge in [-0.3, -0.25) is 9.59 Å². The number of piperidine rings is 1. The maximum Gasteiger partial charge on any atom is 0.254 e. The summed E-state index contributed by atoms with van der Waals surface area (Å²) in [5.41, 5.74) is 9.61. The van der Waals surface area contributed by atoms with Gasteiger partial charge in [0, 0.05) is 25.2 Å². The van der Waals surface area contributed by atoms with Crippen LogP contribution in [0.4, 0.5) is 10.2 Å². The van der Waals surface area contributed by atoms with Gasteiger partial charge in [0.15, 0.2) is 5.65 Å². The highest BCUT2D eigenvalue weighted by atomic mass is 19.1. The molecule has 1 saturated heterocycles. The smallest absolute Gasteiger partial charge is 0.254 e. The minimum atomic E-state index is -0.516. The Bertz CT molecular complexity index is 1530. The van der Waals surface area contributed by atoms with Gasteiger partial charge in [-0.1, -0.05) is 43.0 Å². The number of likely N-dealkylation sites (tertiary alicyclic amines) is 1. The first-order chi connectivity index (χ1) is 18.4. The van der Waals surface area contributed by atoms with Gasteiger partial charge in [-0.05, 0) is 43.0 Å². The topological polar surface area (TPSA) is 119 Å². The van der Waals surface area contributed by atoms with E-state index in [0.29, 0.717) is 41.2 Å². The fourth-order valence-electron chi connectivity index (χ4n) is 4.82. The zero-order valence-electron chi connectivity index (χ0n) is 21.0. The lowest BCUT2D eigenvalue weighted by Gasteiger charge is -2.32. The van der Waals surface area contributed by atoms with E-state index in [4.69, 9.17) is 10.8 Å². The van der Waals surface area contributed by atoms with E-state index in [1.54, 1.807) is 24.0 Å². The summed E-state index contributed by atoms with van der Waals surface area (Å²) in [6, 6.07) is 12.2. The number of rotatable bonds is 6. The summed E-state index contributed by atoms with van der Waals surface area (Å²) in [6.45, 7) is 6.65. The van der Waals surface area contributed by atoms with Crippen LogP contribution >= 0.6 is 0 Å². The van der Waals surface area contributed by atoms with Crippen molar-refractivity contribution in [2.75, 3.05) is 18.8 Å². The summed E-state index contributed by atoms with van der Waals surface area (Å²) in [5.74, 6) is -0.769.